The van der Waals surface area contributed by atoms with Gasteiger partial charge in [-0.3, -0.25) is 14.4 Å². The molecule has 37 heavy (non-hydrogen) atoms. The second-order valence-corrected chi connectivity index (χ2v) is 13.4. The number of aliphatic hydroxyl groups excluding tert-OH is 1. The van der Waals surface area contributed by atoms with E-state index in [0.717, 1.165) is 32.1 Å². The van der Waals surface area contributed by atoms with Gasteiger partial charge in [-0.2, -0.15) is 0 Å². The average Bonchev–Trinajstić information content (AvgIpc) is 3.21. The van der Waals surface area contributed by atoms with Crippen molar-refractivity contribution in [3.8, 4) is 0 Å². The summed E-state index contributed by atoms with van der Waals surface area (Å²) < 4.78 is -0.799. The van der Waals surface area contributed by atoms with Gasteiger partial charge < -0.3 is 19.8 Å². The highest BCUT2D eigenvalue weighted by atomic mass is 32.2. The SMILES string of the molecule is CCCN1CC=C[C@@H]2S[C@]34C=CCN(C5CCCCC5)C(=O)C3N([C@@H](CO)CC(C)C)C(=O)[C@@H]4[C@@H]2C1=O. The Morgan fingerprint density at radius 1 is 1.05 bits per heavy atom. The van der Waals surface area contributed by atoms with Gasteiger partial charge in [0, 0.05) is 30.9 Å². The van der Waals surface area contributed by atoms with Crippen molar-refractivity contribution >= 4 is 29.5 Å². The average molecular weight is 530 g/mol. The molecule has 0 bridgehead atoms. The van der Waals surface area contributed by atoms with E-state index in [0.29, 0.717) is 26.1 Å². The third kappa shape index (κ3) is 4.46. The van der Waals surface area contributed by atoms with Gasteiger partial charge in [-0.15, -0.1) is 11.8 Å². The fourth-order valence-electron chi connectivity index (χ4n) is 7.55. The van der Waals surface area contributed by atoms with Crippen LogP contribution in [0.1, 0.15) is 65.7 Å². The lowest BCUT2D eigenvalue weighted by atomic mass is 9.78. The monoisotopic (exact) mass is 529 g/mol. The number of hydrogen-bond acceptors (Lipinski definition) is 5. The highest BCUT2D eigenvalue weighted by Gasteiger charge is 2.71. The lowest BCUT2D eigenvalue weighted by Gasteiger charge is -2.41. The molecule has 3 fully saturated rings. The van der Waals surface area contributed by atoms with Crippen molar-refractivity contribution in [1.29, 1.82) is 0 Å². The molecule has 2 saturated heterocycles. The molecular weight excluding hydrogens is 486 g/mol. The Kier molecular flexibility index (Phi) is 7.79. The van der Waals surface area contributed by atoms with Gasteiger partial charge in [0.2, 0.25) is 17.7 Å². The second kappa shape index (κ2) is 10.8. The van der Waals surface area contributed by atoms with Gasteiger partial charge in [0.15, 0.2) is 0 Å². The van der Waals surface area contributed by atoms with Crippen LogP contribution in [0.15, 0.2) is 24.3 Å². The normalized spacial score (nSPS) is 35.1. The van der Waals surface area contributed by atoms with E-state index >= 15 is 0 Å². The number of thioether (sulfide) groups is 1. The third-order valence-electron chi connectivity index (χ3n) is 9.07. The Bertz CT molecular complexity index is 961. The molecule has 1 unspecified atom stereocenters. The van der Waals surface area contributed by atoms with Crippen LogP contribution in [0.25, 0.3) is 0 Å². The minimum Gasteiger partial charge on any atom is -0.394 e. The van der Waals surface area contributed by atoms with Crippen molar-refractivity contribution in [2.24, 2.45) is 17.8 Å². The fourth-order valence-corrected chi connectivity index (χ4v) is 9.55. The summed E-state index contributed by atoms with van der Waals surface area (Å²) in [6.07, 6.45) is 15.3. The first-order valence-corrected chi connectivity index (χ1v) is 15.3. The molecule has 204 valence electrons. The van der Waals surface area contributed by atoms with Crippen LogP contribution in [0.4, 0.5) is 0 Å². The summed E-state index contributed by atoms with van der Waals surface area (Å²) in [5.41, 5.74) is 0. The minimum absolute atomic E-state index is 0.000702. The number of nitrogens with zero attached hydrogens (tertiary/aromatic N) is 3. The lowest BCUT2D eigenvalue weighted by molar-refractivity contribution is -0.148. The summed E-state index contributed by atoms with van der Waals surface area (Å²) in [5.74, 6) is -0.940. The zero-order valence-electron chi connectivity index (χ0n) is 22.6. The van der Waals surface area contributed by atoms with E-state index in [1.54, 1.807) is 16.7 Å². The van der Waals surface area contributed by atoms with Crippen LogP contribution in [0, 0.1) is 17.8 Å². The molecule has 4 aliphatic heterocycles. The molecule has 0 aromatic rings. The van der Waals surface area contributed by atoms with Crippen molar-refractivity contribution in [2.45, 2.75) is 93.8 Å². The lowest BCUT2D eigenvalue weighted by Crippen LogP contribution is -2.58. The second-order valence-electron chi connectivity index (χ2n) is 12.0. The van der Waals surface area contributed by atoms with E-state index < -0.39 is 28.7 Å². The Hall–Kier alpha value is -1.80. The van der Waals surface area contributed by atoms with E-state index in [1.807, 2.05) is 9.80 Å². The molecule has 0 aromatic carbocycles. The van der Waals surface area contributed by atoms with E-state index in [9.17, 15) is 19.5 Å². The highest BCUT2D eigenvalue weighted by molar-refractivity contribution is 8.02. The Labute approximate surface area is 225 Å². The maximum atomic E-state index is 14.5. The van der Waals surface area contributed by atoms with Gasteiger partial charge in [-0.1, -0.05) is 64.3 Å². The van der Waals surface area contributed by atoms with Gasteiger partial charge in [-0.25, -0.2) is 0 Å². The van der Waals surface area contributed by atoms with Gasteiger partial charge in [0.05, 0.1) is 29.2 Å². The molecule has 3 amide bonds. The van der Waals surface area contributed by atoms with Crippen LogP contribution in [0.5, 0.6) is 0 Å². The summed E-state index contributed by atoms with van der Waals surface area (Å²) in [5, 5.41) is 10.4. The number of carbonyl (C=O) groups is 3. The largest absolute Gasteiger partial charge is 0.394 e. The number of carbonyl (C=O) groups excluding carboxylic acids is 3. The number of amides is 3. The highest BCUT2D eigenvalue weighted by Crippen LogP contribution is 2.61. The summed E-state index contributed by atoms with van der Waals surface area (Å²) in [7, 11) is 0. The predicted molar refractivity (Wildman–Crippen MR) is 146 cm³/mol. The van der Waals surface area contributed by atoms with Gasteiger partial charge >= 0.3 is 0 Å². The maximum absolute atomic E-state index is 14.5. The minimum atomic E-state index is -0.799. The first-order valence-electron chi connectivity index (χ1n) is 14.4. The smallest absolute Gasteiger partial charge is 0.247 e. The molecular formula is C29H43N3O4S. The van der Waals surface area contributed by atoms with E-state index in [1.165, 1.54) is 6.42 Å². The van der Waals surface area contributed by atoms with Crippen molar-refractivity contribution in [3.63, 3.8) is 0 Å². The summed E-state index contributed by atoms with van der Waals surface area (Å²) in [4.78, 5) is 48.5. The Morgan fingerprint density at radius 3 is 2.49 bits per heavy atom. The molecule has 1 aliphatic carbocycles. The molecule has 0 radical (unpaired) electrons. The molecule has 4 heterocycles. The zero-order chi connectivity index (χ0) is 26.3. The number of hydrogen-bond donors (Lipinski definition) is 1. The topological polar surface area (TPSA) is 81.2 Å². The van der Waals surface area contributed by atoms with Crippen LogP contribution >= 0.6 is 11.8 Å². The third-order valence-corrected chi connectivity index (χ3v) is 10.8. The predicted octanol–water partition coefficient (Wildman–Crippen LogP) is 3.23. The molecule has 5 aliphatic rings. The van der Waals surface area contributed by atoms with Crippen LogP contribution in [0.3, 0.4) is 0 Å². The number of likely N-dealkylation sites (tertiary alicyclic amines) is 1. The van der Waals surface area contributed by atoms with Crippen LogP contribution in [-0.2, 0) is 14.4 Å². The molecule has 1 N–H and O–H groups in total. The van der Waals surface area contributed by atoms with E-state index in [-0.39, 0.29) is 41.5 Å². The van der Waals surface area contributed by atoms with E-state index in [4.69, 9.17) is 0 Å². The molecule has 0 aromatic heterocycles. The molecule has 1 spiro atoms. The molecule has 7 nitrogen and oxygen atoms in total. The molecule has 6 atom stereocenters. The molecule has 5 rings (SSSR count). The first-order chi connectivity index (χ1) is 17.8. The van der Waals surface area contributed by atoms with Crippen molar-refractivity contribution < 1.29 is 19.5 Å². The van der Waals surface area contributed by atoms with Gasteiger partial charge in [0.1, 0.15) is 6.04 Å². The quantitative estimate of drug-likeness (QED) is 0.512. The van der Waals surface area contributed by atoms with E-state index in [2.05, 4.69) is 45.1 Å². The Balaban J connectivity index is 1.60. The standard InChI is InChI=1S/C29H43N3O4S/c1-4-14-30-15-8-12-22-23(26(30)34)24-27(35)32(21(18-33)17-19(2)3)25-28(36)31(20-10-6-5-7-11-20)16-9-13-29(24,25)37-22/h8-9,12-13,19-25,33H,4-7,10-11,14-18H2,1-3H3/t21-,22+,23-,24+,25?,29+/m1/s1. The summed E-state index contributed by atoms with van der Waals surface area (Å²) in [6.45, 7) is 7.82. The molecule has 1 saturated carbocycles. The number of fused-ring (bicyclic) bond motifs is 2. The van der Waals surface area contributed by atoms with Crippen LogP contribution < -0.4 is 0 Å². The van der Waals surface area contributed by atoms with Crippen LogP contribution in [0.2, 0.25) is 0 Å². The number of rotatable bonds is 7. The Morgan fingerprint density at radius 2 is 1.81 bits per heavy atom. The summed E-state index contributed by atoms with van der Waals surface area (Å²) in [6, 6.07) is -0.946. The fraction of sp³-hybridized carbons (Fsp3) is 0.759. The summed E-state index contributed by atoms with van der Waals surface area (Å²) >= 11 is 1.64. The molecule has 8 heteroatoms. The van der Waals surface area contributed by atoms with Crippen molar-refractivity contribution in [1.82, 2.24) is 14.7 Å². The van der Waals surface area contributed by atoms with Crippen molar-refractivity contribution in [3.05, 3.63) is 24.3 Å². The number of aliphatic hydroxyl groups is 1. The maximum Gasteiger partial charge on any atom is 0.247 e. The van der Waals surface area contributed by atoms with Gasteiger partial charge in [0.25, 0.3) is 0 Å². The van der Waals surface area contributed by atoms with Crippen LogP contribution in [-0.4, -0.2) is 91.9 Å². The van der Waals surface area contributed by atoms with Crippen molar-refractivity contribution in [2.75, 3.05) is 26.2 Å². The zero-order valence-corrected chi connectivity index (χ0v) is 23.4. The first kappa shape index (κ1) is 26.8. The van der Waals surface area contributed by atoms with Gasteiger partial charge in [-0.05, 0) is 31.6 Å².